The van der Waals surface area contributed by atoms with Gasteiger partial charge in [-0.3, -0.25) is 0 Å². The summed E-state index contributed by atoms with van der Waals surface area (Å²) in [6.07, 6.45) is 7.61. The number of aryl methyl sites for hydroxylation is 1. The lowest BCUT2D eigenvalue weighted by atomic mass is 10.4. The molecule has 0 bridgehead atoms. The van der Waals surface area contributed by atoms with Gasteiger partial charge >= 0.3 is 0 Å². The van der Waals surface area contributed by atoms with E-state index < -0.39 is 10.0 Å². The molecule has 0 spiro atoms. The van der Waals surface area contributed by atoms with Crippen LogP contribution in [0, 0.1) is 12.3 Å². The number of nitrogens with zero attached hydrogens (tertiary/aromatic N) is 2. The fourth-order valence-corrected chi connectivity index (χ4v) is 3.40. The summed E-state index contributed by atoms with van der Waals surface area (Å²) in [6.45, 7) is 3.08. The Morgan fingerprint density at radius 1 is 1.53 bits per heavy atom. The highest BCUT2D eigenvalue weighted by Crippen LogP contribution is 2.18. The Bertz CT molecular complexity index is 555. The molecule has 0 saturated heterocycles. The van der Waals surface area contributed by atoms with Crippen LogP contribution in [0.2, 0.25) is 0 Å². The number of terminal acetylenes is 1. The van der Waals surface area contributed by atoms with Crippen LogP contribution in [0.1, 0.15) is 19.0 Å². The van der Waals surface area contributed by atoms with Gasteiger partial charge in [-0.2, -0.15) is 4.31 Å². The molecule has 19 heavy (non-hydrogen) atoms. The molecule has 1 aromatic rings. The van der Waals surface area contributed by atoms with Crippen LogP contribution >= 0.6 is 0 Å². The predicted molar refractivity (Wildman–Crippen MR) is 76.1 cm³/mol. The van der Waals surface area contributed by atoms with Gasteiger partial charge in [0.05, 0.1) is 6.54 Å². The SMILES string of the molecule is C#CCN(CCC)S(=O)(=O)c1cc(CNC)n(C)c1. The fraction of sp³-hybridized carbons (Fsp3) is 0.538. The zero-order chi connectivity index (χ0) is 14.5. The molecule has 0 aromatic carbocycles. The fourth-order valence-electron chi connectivity index (χ4n) is 1.86. The number of hydrogen-bond acceptors (Lipinski definition) is 3. The summed E-state index contributed by atoms with van der Waals surface area (Å²) in [5.74, 6) is 2.40. The van der Waals surface area contributed by atoms with Gasteiger partial charge in [0.1, 0.15) is 4.90 Å². The van der Waals surface area contributed by atoms with Gasteiger partial charge in [0.15, 0.2) is 0 Å². The smallest absolute Gasteiger partial charge is 0.245 e. The molecule has 1 heterocycles. The third-order valence-corrected chi connectivity index (χ3v) is 4.63. The molecular formula is C13H21N3O2S. The van der Waals surface area contributed by atoms with Gasteiger partial charge < -0.3 is 9.88 Å². The van der Waals surface area contributed by atoms with Gasteiger partial charge in [0, 0.05) is 32.0 Å². The van der Waals surface area contributed by atoms with E-state index in [1.807, 2.05) is 25.6 Å². The van der Waals surface area contributed by atoms with Gasteiger partial charge in [-0.05, 0) is 19.5 Å². The molecule has 0 unspecified atom stereocenters. The second kappa shape index (κ2) is 6.75. The first kappa shape index (κ1) is 15.8. The van der Waals surface area contributed by atoms with Crippen molar-refractivity contribution in [2.24, 2.45) is 7.05 Å². The third kappa shape index (κ3) is 3.60. The molecule has 1 aromatic heterocycles. The second-order valence-corrected chi connectivity index (χ2v) is 6.29. The quantitative estimate of drug-likeness (QED) is 0.752. The summed E-state index contributed by atoms with van der Waals surface area (Å²) in [5.41, 5.74) is 0.915. The molecule has 0 saturated carbocycles. The lowest BCUT2D eigenvalue weighted by Crippen LogP contribution is -2.32. The van der Waals surface area contributed by atoms with Crippen molar-refractivity contribution in [2.45, 2.75) is 24.8 Å². The summed E-state index contributed by atoms with van der Waals surface area (Å²) < 4.78 is 28.1. The highest BCUT2D eigenvalue weighted by molar-refractivity contribution is 7.89. The molecule has 6 heteroatoms. The number of nitrogens with one attached hydrogen (secondary N) is 1. The van der Waals surface area contributed by atoms with Gasteiger partial charge in [-0.1, -0.05) is 12.8 Å². The van der Waals surface area contributed by atoms with E-state index in [4.69, 9.17) is 6.42 Å². The summed E-state index contributed by atoms with van der Waals surface area (Å²) in [4.78, 5) is 0.295. The average molecular weight is 283 g/mol. The molecule has 0 aliphatic heterocycles. The molecule has 1 N–H and O–H groups in total. The number of aromatic nitrogens is 1. The number of hydrogen-bond donors (Lipinski definition) is 1. The Labute approximate surface area is 115 Å². The highest BCUT2D eigenvalue weighted by Gasteiger charge is 2.24. The molecule has 0 fully saturated rings. The van der Waals surface area contributed by atoms with E-state index in [9.17, 15) is 8.42 Å². The van der Waals surface area contributed by atoms with Crippen molar-refractivity contribution in [1.29, 1.82) is 0 Å². The molecular weight excluding hydrogens is 262 g/mol. The van der Waals surface area contributed by atoms with Crippen molar-refractivity contribution in [1.82, 2.24) is 14.2 Å². The minimum absolute atomic E-state index is 0.104. The van der Waals surface area contributed by atoms with E-state index in [1.165, 1.54) is 4.31 Å². The first-order valence-electron chi connectivity index (χ1n) is 6.20. The van der Waals surface area contributed by atoms with E-state index in [2.05, 4.69) is 11.2 Å². The maximum absolute atomic E-state index is 12.5. The van der Waals surface area contributed by atoms with Gasteiger partial charge in [-0.15, -0.1) is 6.42 Å². The summed E-state index contributed by atoms with van der Waals surface area (Å²) >= 11 is 0. The Balaban J connectivity index is 3.11. The van der Waals surface area contributed by atoms with Gasteiger partial charge in [0.25, 0.3) is 0 Å². The Hall–Kier alpha value is -1.29. The minimum Gasteiger partial charge on any atom is -0.352 e. The van der Waals surface area contributed by atoms with Gasteiger partial charge in [0.2, 0.25) is 10.0 Å². The van der Waals surface area contributed by atoms with E-state index in [0.29, 0.717) is 18.0 Å². The van der Waals surface area contributed by atoms with E-state index in [-0.39, 0.29) is 6.54 Å². The lowest BCUT2D eigenvalue weighted by Gasteiger charge is -2.18. The maximum Gasteiger partial charge on any atom is 0.245 e. The molecule has 0 atom stereocenters. The maximum atomic E-state index is 12.5. The number of sulfonamides is 1. The monoisotopic (exact) mass is 283 g/mol. The largest absolute Gasteiger partial charge is 0.352 e. The van der Waals surface area contributed by atoms with E-state index >= 15 is 0 Å². The predicted octanol–water partition coefficient (Wildman–Crippen LogP) is 0.778. The van der Waals surface area contributed by atoms with Crippen LogP contribution in [0.5, 0.6) is 0 Å². The Kier molecular flexibility index (Phi) is 5.60. The highest BCUT2D eigenvalue weighted by atomic mass is 32.2. The zero-order valence-corrected chi connectivity index (χ0v) is 12.5. The van der Waals surface area contributed by atoms with E-state index in [0.717, 1.165) is 12.1 Å². The summed E-state index contributed by atoms with van der Waals surface area (Å²) in [6, 6.07) is 1.69. The zero-order valence-electron chi connectivity index (χ0n) is 11.7. The van der Waals surface area contributed by atoms with Crippen LogP contribution in [0.25, 0.3) is 0 Å². The van der Waals surface area contributed by atoms with Crippen LogP contribution in [0.3, 0.4) is 0 Å². The van der Waals surface area contributed by atoms with Crippen molar-refractivity contribution < 1.29 is 8.42 Å². The normalized spacial score (nSPS) is 11.7. The van der Waals surface area contributed by atoms with Crippen molar-refractivity contribution in [3.63, 3.8) is 0 Å². The molecule has 0 radical (unpaired) electrons. The Morgan fingerprint density at radius 2 is 2.21 bits per heavy atom. The van der Waals surface area contributed by atoms with Crippen LogP contribution in [-0.2, 0) is 23.6 Å². The lowest BCUT2D eigenvalue weighted by molar-refractivity contribution is 0.445. The first-order valence-corrected chi connectivity index (χ1v) is 7.64. The van der Waals surface area contributed by atoms with Crippen molar-refractivity contribution in [2.75, 3.05) is 20.1 Å². The van der Waals surface area contributed by atoms with Crippen molar-refractivity contribution in [3.05, 3.63) is 18.0 Å². The molecule has 0 aliphatic rings. The third-order valence-electron chi connectivity index (χ3n) is 2.82. The molecule has 0 amide bonds. The average Bonchev–Trinajstić information content (AvgIpc) is 2.72. The standard InChI is InChI=1S/C13H21N3O2S/c1-5-7-16(8-6-2)19(17,18)13-9-12(10-14-3)15(4)11-13/h1,9,11,14H,6-8,10H2,2-4H3. The van der Waals surface area contributed by atoms with Crippen LogP contribution in [0.15, 0.2) is 17.2 Å². The number of rotatable bonds is 7. The van der Waals surface area contributed by atoms with Crippen molar-refractivity contribution in [3.8, 4) is 12.3 Å². The molecule has 106 valence electrons. The topological polar surface area (TPSA) is 54.3 Å². The van der Waals surface area contributed by atoms with Crippen LogP contribution in [-0.4, -0.2) is 37.4 Å². The van der Waals surface area contributed by atoms with Crippen LogP contribution < -0.4 is 5.32 Å². The summed E-state index contributed by atoms with van der Waals surface area (Å²) in [5, 5.41) is 3.01. The van der Waals surface area contributed by atoms with E-state index in [1.54, 1.807) is 12.3 Å². The van der Waals surface area contributed by atoms with Crippen molar-refractivity contribution >= 4 is 10.0 Å². The Morgan fingerprint density at radius 3 is 2.74 bits per heavy atom. The van der Waals surface area contributed by atoms with Crippen LogP contribution in [0.4, 0.5) is 0 Å². The first-order chi connectivity index (χ1) is 8.97. The summed E-state index contributed by atoms with van der Waals surface area (Å²) in [7, 11) is 0.150. The molecule has 5 nitrogen and oxygen atoms in total. The molecule has 1 rings (SSSR count). The minimum atomic E-state index is -3.50. The molecule has 0 aliphatic carbocycles. The second-order valence-electron chi connectivity index (χ2n) is 4.35. The van der Waals surface area contributed by atoms with Gasteiger partial charge in [-0.25, -0.2) is 8.42 Å².